The van der Waals surface area contributed by atoms with Gasteiger partial charge in [-0.15, -0.1) is 0 Å². The van der Waals surface area contributed by atoms with Gasteiger partial charge in [-0.2, -0.15) is 0 Å². The van der Waals surface area contributed by atoms with Crippen LogP contribution in [0.1, 0.15) is 12.5 Å². The first-order valence-electron chi connectivity index (χ1n) is 9.95. The van der Waals surface area contributed by atoms with Gasteiger partial charge in [0.1, 0.15) is 5.75 Å². The maximum Gasteiger partial charge on any atom is 0.240 e. The van der Waals surface area contributed by atoms with Gasteiger partial charge in [-0.1, -0.05) is 30.4 Å². The number of nitrogens with one attached hydrogen (secondary N) is 1. The van der Waals surface area contributed by atoms with Gasteiger partial charge >= 0.3 is 0 Å². The molecule has 152 valence electrons. The lowest BCUT2D eigenvalue weighted by Crippen LogP contribution is -2.48. The minimum absolute atomic E-state index is 0.0162. The number of benzene rings is 2. The minimum atomic E-state index is -0.0162. The van der Waals surface area contributed by atoms with Crippen molar-refractivity contribution in [2.24, 2.45) is 0 Å². The molecule has 7 heteroatoms. The van der Waals surface area contributed by atoms with Gasteiger partial charge in [0, 0.05) is 31.9 Å². The van der Waals surface area contributed by atoms with Crippen molar-refractivity contribution in [3.05, 3.63) is 48.0 Å². The van der Waals surface area contributed by atoms with Crippen LogP contribution in [0.3, 0.4) is 0 Å². The van der Waals surface area contributed by atoms with E-state index in [1.165, 1.54) is 22.6 Å². The lowest BCUT2D eigenvalue weighted by Gasteiger charge is -2.35. The Balaban J connectivity index is 1.30. The first-order valence-corrected chi connectivity index (χ1v) is 10.8. The lowest BCUT2D eigenvalue weighted by molar-refractivity contribution is -0.117. The van der Waals surface area contributed by atoms with Crippen LogP contribution in [0, 0.1) is 0 Å². The maximum atomic E-state index is 12.5. The largest absolute Gasteiger partial charge is 0.497 e. The van der Waals surface area contributed by atoms with Gasteiger partial charge in [0.15, 0.2) is 5.13 Å². The number of aryl methyl sites for hydroxylation is 1. The Morgan fingerprint density at radius 3 is 2.76 bits per heavy atom. The third-order valence-electron chi connectivity index (χ3n) is 5.27. The summed E-state index contributed by atoms with van der Waals surface area (Å²) in [6.45, 7) is 6.18. The molecule has 6 nitrogen and oxygen atoms in total. The van der Waals surface area contributed by atoms with E-state index >= 15 is 0 Å². The number of amides is 1. The topological polar surface area (TPSA) is 57.7 Å². The maximum absolute atomic E-state index is 12.5. The Bertz CT molecular complexity index is 995. The first kappa shape index (κ1) is 19.7. The second-order valence-corrected chi connectivity index (χ2v) is 8.22. The van der Waals surface area contributed by atoms with E-state index in [4.69, 9.17) is 4.74 Å². The number of aromatic nitrogens is 1. The number of hydrogen-bond acceptors (Lipinski definition) is 6. The van der Waals surface area contributed by atoms with Crippen molar-refractivity contribution in [2.75, 3.05) is 50.1 Å². The fraction of sp³-hybridized carbons (Fsp3) is 0.364. The van der Waals surface area contributed by atoms with Crippen molar-refractivity contribution < 1.29 is 9.53 Å². The van der Waals surface area contributed by atoms with E-state index in [0.29, 0.717) is 11.7 Å². The fourth-order valence-electron chi connectivity index (χ4n) is 3.58. The number of methoxy groups -OCH3 is 1. The normalized spacial score (nSPS) is 14.9. The molecule has 1 aliphatic heterocycles. The van der Waals surface area contributed by atoms with Crippen LogP contribution < -0.4 is 15.0 Å². The number of nitrogens with zero attached hydrogens (tertiary/aromatic N) is 3. The Kier molecular flexibility index (Phi) is 5.97. The SMILES string of the molecule is CCc1cccc(N2CCN(CC(=O)Nc3nc4ccc(OC)cc4s3)CC2)c1. The van der Waals surface area contributed by atoms with Gasteiger partial charge < -0.3 is 15.0 Å². The second-order valence-electron chi connectivity index (χ2n) is 7.19. The lowest BCUT2D eigenvalue weighted by atomic mass is 10.1. The highest BCUT2D eigenvalue weighted by molar-refractivity contribution is 7.22. The number of piperazine rings is 1. The van der Waals surface area contributed by atoms with Crippen LogP contribution in [0.5, 0.6) is 5.75 Å². The standard InChI is InChI=1S/C22H26N4O2S/c1-3-16-5-4-6-17(13-16)26-11-9-25(10-12-26)15-21(27)24-22-23-19-8-7-18(28-2)14-20(19)29-22/h4-8,13-14H,3,9-12,15H2,1-2H3,(H,23,24,27). The summed E-state index contributed by atoms with van der Waals surface area (Å²) in [6, 6.07) is 14.5. The van der Waals surface area contributed by atoms with Crippen LogP contribution in [0.4, 0.5) is 10.8 Å². The third kappa shape index (κ3) is 4.68. The van der Waals surface area contributed by atoms with E-state index < -0.39 is 0 Å². The fourth-order valence-corrected chi connectivity index (χ4v) is 4.50. The van der Waals surface area contributed by atoms with Gasteiger partial charge in [-0.05, 0) is 42.3 Å². The summed E-state index contributed by atoms with van der Waals surface area (Å²) in [5.74, 6) is 0.777. The molecule has 0 bridgehead atoms. The van der Waals surface area contributed by atoms with Crippen molar-refractivity contribution in [1.29, 1.82) is 0 Å². The van der Waals surface area contributed by atoms with Gasteiger partial charge in [0.05, 0.1) is 23.9 Å². The predicted octanol–water partition coefficient (Wildman–Crippen LogP) is 3.63. The van der Waals surface area contributed by atoms with Crippen molar-refractivity contribution >= 4 is 38.3 Å². The first-order chi connectivity index (χ1) is 14.1. The molecule has 1 saturated heterocycles. The summed E-state index contributed by atoms with van der Waals surface area (Å²) in [6.07, 6.45) is 1.05. The molecular formula is C22H26N4O2S. The van der Waals surface area contributed by atoms with Crippen LogP contribution in [-0.2, 0) is 11.2 Å². The van der Waals surface area contributed by atoms with Gasteiger partial charge in [-0.25, -0.2) is 4.98 Å². The van der Waals surface area contributed by atoms with Gasteiger partial charge in [-0.3, -0.25) is 9.69 Å². The Morgan fingerprint density at radius 2 is 2.00 bits per heavy atom. The molecule has 3 aromatic rings. The smallest absolute Gasteiger partial charge is 0.240 e. The summed E-state index contributed by atoms with van der Waals surface area (Å²) >= 11 is 1.47. The third-order valence-corrected chi connectivity index (χ3v) is 6.20. The number of hydrogen-bond donors (Lipinski definition) is 1. The molecule has 0 spiro atoms. The average Bonchev–Trinajstić information content (AvgIpc) is 3.15. The van der Waals surface area contributed by atoms with Crippen molar-refractivity contribution in [3.8, 4) is 5.75 Å². The zero-order chi connectivity index (χ0) is 20.2. The zero-order valence-electron chi connectivity index (χ0n) is 16.9. The molecule has 29 heavy (non-hydrogen) atoms. The molecule has 1 aliphatic rings. The van der Waals surface area contributed by atoms with Crippen molar-refractivity contribution in [1.82, 2.24) is 9.88 Å². The van der Waals surface area contributed by atoms with Crippen LogP contribution in [0.25, 0.3) is 10.2 Å². The molecule has 2 heterocycles. The zero-order valence-corrected chi connectivity index (χ0v) is 17.7. The monoisotopic (exact) mass is 410 g/mol. The van der Waals surface area contributed by atoms with Crippen LogP contribution in [0.15, 0.2) is 42.5 Å². The van der Waals surface area contributed by atoms with E-state index in [2.05, 4.69) is 51.3 Å². The highest BCUT2D eigenvalue weighted by atomic mass is 32.1. The van der Waals surface area contributed by atoms with Crippen LogP contribution in [-0.4, -0.2) is 55.6 Å². The Hall–Kier alpha value is -2.64. The molecule has 1 fully saturated rings. The summed E-state index contributed by atoms with van der Waals surface area (Å²) in [5.41, 5.74) is 3.50. The molecule has 4 rings (SSSR count). The number of ether oxygens (including phenoxy) is 1. The summed E-state index contributed by atoms with van der Waals surface area (Å²) < 4.78 is 6.25. The molecule has 1 N–H and O–H groups in total. The molecule has 1 aromatic heterocycles. The van der Waals surface area contributed by atoms with Gasteiger partial charge in [0.2, 0.25) is 5.91 Å². The molecule has 0 aliphatic carbocycles. The second kappa shape index (κ2) is 8.80. The number of fused-ring (bicyclic) bond motifs is 1. The Morgan fingerprint density at radius 1 is 1.17 bits per heavy atom. The van der Waals surface area contributed by atoms with Crippen molar-refractivity contribution in [2.45, 2.75) is 13.3 Å². The van der Waals surface area contributed by atoms with Crippen LogP contribution >= 0.6 is 11.3 Å². The number of anilines is 2. The van der Waals surface area contributed by atoms with Crippen LogP contribution in [0.2, 0.25) is 0 Å². The number of carbonyl (C=O) groups excluding carboxylic acids is 1. The number of thiazole rings is 1. The quantitative estimate of drug-likeness (QED) is 0.673. The summed E-state index contributed by atoms with van der Waals surface area (Å²) in [4.78, 5) is 21.6. The van der Waals surface area contributed by atoms with Gasteiger partial charge in [0.25, 0.3) is 0 Å². The summed E-state index contributed by atoms with van der Waals surface area (Å²) in [5, 5.41) is 3.58. The number of carbonyl (C=O) groups is 1. The van der Waals surface area contributed by atoms with E-state index in [1.54, 1.807) is 7.11 Å². The molecule has 0 radical (unpaired) electrons. The average molecular weight is 411 g/mol. The molecule has 0 atom stereocenters. The highest BCUT2D eigenvalue weighted by Gasteiger charge is 2.20. The van der Waals surface area contributed by atoms with E-state index in [-0.39, 0.29) is 5.91 Å². The molecule has 0 saturated carbocycles. The van der Waals surface area contributed by atoms with E-state index in [0.717, 1.165) is 48.6 Å². The molecule has 0 unspecified atom stereocenters. The highest BCUT2D eigenvalue weighted by Crippen LogP contribution is 2.29. The molecular weight excluding hydrogens is 384 g/mol. The number of rotatable bonds is 6. The van der Waals surface area contributed by atoms with E-state index in [9.17, 15) is 4.79 Å². The minimum Gasteiger partial charge on any atom is -0.497 e. The molecule has 1 amide bonds. The summed E-state index contributed by atoms with van der Waals surface area (Å²) in [7, 11) is 1.64. The van der Waals surface area contributed by atoms with Crippen molar-refractivity contribution in [3.63, 3.8) is 0 Å². The van der Waals surface area contributed by atoms with E-state index in [1.807, 2.05) is 18.2 Å². The predicted molar refractivity (Wildman–Crippen MR) is 119 cm³/mol. The molecule has 2 aromatic carbocycles. The Labute approximate surface area is 175 Å².